The molecule has 20 heavy (non-hydrogen) atoms. The van der Waals surface area contributed by atoms with Crippen LogP contribution < -0.4 is 5.32 Å². The molecule has 0 aliphatic rings. The third-order valence-corrected chi connectivity index (χ3v) is 3.96. The van der Waals surface area contributed by atoms with Crippen molar-refractivity contribution in [3.05, 3.63) is 35.9 Å². The molecule has 0 bridgehead atoms. The minimum Gasteiger partial charge on any atom is -0.312 e. The van der Waals surface area contributed by atoms with Crippen LogP contribution in [0.5, 0.6) is 0 Å². The van der Waals surface area contributed by atoms with Crippen molar-refractivity contribution in [3.63, 3.8) is 0 Å². The first-order chi connectivity index (χ1) is 9.18. The summed E-state index contributed by atoms with van der Waals surface area (Å²) in [4.78, 5) is 0. The summed E-state index contributed by atoms with van der Waals surface area (Å²) in [5, 5.41) is 3.68. The van der Waals surface area contributed by atoms with E-state index in [1.807, 2.05) is 0 Å². The van der Waals surface area contributed by atoms with Gasteiger partial charge in [-0.1, -0.05) is 51.1 Å². The van der Waals surface area contributed by atoms with Crippen LogP contribution in [0.3, 0.4) is 0 Å². The highest BCUT2D eigenvalue weighted by Gasteiger charge is 2.25. The highest BCUT2D eigenvalue weighted by Crippen LogP contribution is 2.30. The van der Waals surface area contributed by atoms with Crippen molar-refractivity contribution in [3.8, 4) is 0 Å². The molecule has 1 nitrogen and oxygen atoms in total. The molecule has 0 amide bonds. The summed E-state index contributed by atoms with van der Waals surface area (Å²) in [6.45, 7) is 14.9. The van der Waals surface area contributed by atoms with Crippen LogP contribution >= 0.6 is 0 Å². The van der Waals surface area contributed by atoms with Crippen molar-refractivity contribution in [1.82, 2.24) is 5.32 Å². The first-order valence-corrected chi connectivity index (χ1v) is 7.97. The van der Waals surface area contributed by atoms with Crippen molar-refractivity contribution in [2.24, 2.45) is 11.3 Å². The highest BCUT2D eigenvalue weighted by molar-refractivity contribution is 5.14. The lowest BCUT2D eigenvalue weighted by Gasteiger charge is -2.34. The maximum Gasteiger partial charge on any atom is 0.00966 e. The molecular weight excluding hydrogens is 242 g/mol. The van der Waals surface area contributed by atoms with Crippen LogP contribution in [-0.2, 0) is 6.42 Å². The zero-order valence-corrected chi connectivity index (χ0v) is 14.3. The van der Waals surface area contributed by atoms with E-state index in [-0.39, 0.29) is 5.54 Å². The van der Waals surface area contributed by atoms with Crippen LogP contribution in [0.15, 0.2) is 30.3 Å². The predicted molar refractivity (Wildman–Crippen MR) is 90.1 cm³/mol. The topological polar surface area (TPSA) is 12.0 Å². The molecule has 1 unspecified atom stereocenters. The van der Waals surface area contributed by atoms with Crippen molar-refractivity contribution < 1.29 is 0 Å². The van der Waals surface area contributed by atoms with Gasteiger partial charge in [0.05, 0.1) is 0 Å². The van der Waals surface area contributed by atoms with Gasteiger partial charge in [0.15, 0.2) is 0 Å². The zero-order chi connectivity index (χ0) is 15.2. The van der Waals surface area contributed by atoms with Gasteiger partial charge in [-0.2, -0.15) is 0 Å². The molecule has 0 spiro atoms. The van der Waals surface area contributed by atoms with E-state index in [4.69, 9.17) is 0 Å². The second-order valence-corrected chi connectivity index (χ2v) is 8.07. The van der Waals surface area contributed by atoms with Gasteiger partial charge in [0, 0.05) is 5.54 Å². The monoisotopic (exact) mass is 275 g/mol. The standard InChI is InChI=1S/C19H33N/c1-18(2,3)17(15-20-19(4,5)6)14-10-13-16-11-8-7-9-12-16/h7-9,11-12,17,20H,10,13-15H2,1-6H3. The first kappa shape index (κ1) is 17.2. The van der Waals surface area contributed by atoms with Crippen molar-refractivity contribution in [2.75, 3.05) is 6.54 Å². The van der Waals surface area contributed by atoms with E-state index in [1.165, 1.54) is 24.8 Å². The molecule has 1 heteroatoms. The van der Waals surface area contributed by atoms with Gasteiger partial charge in [-0.3, -0.25) is 0 Å². The molecule has 114 valence electrons. The summed E-state index contributed by atoms with van der Waals surface area (Å²) < 4.78 is 0. The van der Waals surface area contributed by atoms with Gasteiger partial charge < -0.3 is 5.32 Å². The Labute approximate surface area is 126 Å². The van der Waals surface area contributed by atoms with Crippen molar-refractivity contribution in [1.29, 1.82) is 0 Å². The Morgan fingerprint density at radius 1 is 0.950 bits per heavy atom. The summed E-state index contributed by atoms with van der Waals surface area (Å²) in [7, 11) is 0. The zero-order valence-electron chi connectivity index (χ0n) is 14.3. The minimum absolute atomic E-state index is 0.211. The third kappa shape index (κ3) is 7.09. The van der Waals surface area contributed by atoms with Crippen molar-refractivity contribution in [2.45, 2.75) is 66.3 Å². The number of hydrogen-bond acceptors (Lipinski definition) is 1. The van der Waals surface area contributed by atoms with Gasteiger partial charge in [-0.25, -0.2) is 0 Å². The molecule has 1 aromatic rings. The SMILES string of the molecule is CC(C)(C)NCC(CCCc1ccccc1)C(C)(C)C. The lowest BCUT2D eigenvalue weighted by molar-refractivity contribution is 0.200. The van der Waals surface area contributed by atoms with Crippen LogP contribution in [0.25, 0.3) is 0 Å². The fourth-order valence-electron chi connectivity index (χ4n) is 2.47. The number of hydrogen-bond donors (Lipinski definition) is 1. The summed E-state index contributed by atoms with van der Waals surface area (Å²) in [5.74, 6) is 0.727. The molecule has 0 aliphatic heterocycles. The second-order valence-electron chi connectivity index (χ2n) is 8.07. The Hall–Kier alpha value is -0.820. The van der Waals surface area contributed by atoms with E-state index < -0.39 is 0 Å². The molecule has 0 saturated carbocycles. The van der Waals surface area contributed by atoms with Gasteiger partial charge in [0.25, 0.3) is 0 Å². The normalized spacial score (nSPS) is 14.3. The number of aryl methyl sites for hydroxylation is 1. The van der Waals surface area contributed by atoms with E-state index in [2.05, 4.69) is 77.2 Å². The second kappa shape index (κ2) is 7.26. The molecule has 0 aliphatic carbocycles. The van der Waals surface area contributed by atoms with Crippen LogP contribution in [0.2, 0.25) is 0 Å². The van der Waals surface area contributed by atoms with Crippen LogP contribution in [0, 0.1) is 11.3 Å². The molecule has 0 aromatic heterocycles. The van der Waals surface area contributed by atoms with Crippen LogP contribution in [0.1, 0.15) is 59.9 Å². The fourth-order valence-corrected chi connectivity index (χ4v) is 2.47. The third-order valence-electron chi connectivity index (χ3n) is 3.96. The summed E-state index contributed by atoms with van der Waals surface area (Å²) in [6.07, 6.45) is 3.77. The van der Waals surface area contributed by atoms with E-state index in [9.17, 15) is 0 Å². The minimum atomic E-state index is 0.211. The van der Waals surface area contributed by atoms with Gasteiger partial charge in [-0.05, 0) is 63.5 Å². The van der Waals surface area contributed by atoms with Crippen molar-refractivity contribution >= 4 is 0 Å². The summed E-state index contributed by atoms with van der Waals surface area (Å²) in [5.41, 5.74) is 2.04. The average Bonchev–Trinajstić information content (AvgIpc) is 2.32. The highest BCUT2D eigenvalue weighted by atomic mass is 14.9. The van der Waals surface area contributed by atoms with E-state index in [1.54, 1.807) is 0 Å². The molecule has 1 rings (SSSR count). The Balaban J connectivity index is 2.45. The Morgan fingerprint density at radius 2 is 1.55 bits per heavy atom. The van der Waals surface area contributed by atoms with E-state index >= 15 is 0 Å². The predicted octanol–water partition coefficient (Wildman–Crippen LogP) is 5.06. The molecule has 0 saturated heterocycles. The van der Waals surface area contributed by atoms with Gasteiger partial charge in [-0.15, -0.1) is 0 Å². The average molecular weight is 275 g/mol. The first-order valence-electron chi connectivity index (χ1n) is 7.97. The molecule has 0 heterocycles. The quantitative estimate of drug-likeness (QED) is 0.765. The Kier molecular flexibility index (Phi) is 6.26. The molecular formula is C19H33N. The Bertz CT molecular complexity index is 367. The van der Waals surface area contributed by atoms with Gasteiger partial charge >= 0.3 is 0 Å². The number of rotatable bonds is 6. The van der Waals surface area contributed by atoms with E-state index in [0.717, 1.165) is 12.5 Å². The lowest BCUT2D eigenvalue weighted by Crippen LogP contribution is -2.42. The molecule has 0 fully saturated rings. The van der Waals surface area contributed by atoms with E-state index in [0.29, 0.717) is 5.41 Å². The number of benzene rings is 1. The molecule has 1 atom stereocenters. The maximum absolute atomic E-state index is 3.68. The largest absolute Gasteiger partial charge is 0.312 e. The van der Waals surface area contributed by atoms with Gasteiger partial charge in [0.1, 0.15) is 0 Å². The Morgan fingerprint density at radius 3 is 2.05 bits per heavy atom. The van der Waals surface area contributed by atoms with Crippen LogP contribution in [0.4, 0.5) is 0 Å². The van der Waals surface area contributed by atoms with Crippen LogP contribution in [-0.4, -0.2) is 12.1 Å². The smallest absolute Gasteiger partial charge is 0.00966 e. The lowest BCUT2D eigenvalue weighted by atomic mass is 9.77. The summed E-state index contributed by atoms with van der Waals surface area (Å²) >= 11 is 0. The fraction of sp³-hybridized carbons (Fsp3) is 0.684. The maximum atomic E-state index is 3.68. The van der Waals surface area contributed by atoms with Gasteiger partial charge in [0.2, 0.25) is 0 Å². The molecule has 0 radical (unpaired) electrons. The summed E-state index contributed by atoms with van der Waals surface area (Å²) in [6, 6.07) is 10.8. The molecule has 1 N–H and O–H groups in total. The number of nitrogens with one attached hydrogen (secondary N) is 1. The molecule has 1 aromatic carbocycles.